The van der Waals surface area contributed by atoms with E-state index in [9.17, 15) is 0 Å². The lowest BCUT2D eigenvalue weighted by molar-refractivity contribution is 0.687. The summed E-state index contributed by atoms with van der Waals surface area (Å²) in [7, 11) is 0. The average Bonchev–Trinajstić information content (AvgIpc) is 2.96. The molecular formula is C15H15ClN6S. The maximum atomic E-state index is 6.19. The Hall–Kier alpha value is -2.12. The van der Waals surface area contributed by atoms with Gasteiger partial charge in [0, 0.05) is 29.7 Å². The number of thioether (sulfide) groups is 1. The van der Waals surface area contributed by atoms with Gasteiger partial charge in [-0.1, -0.05) is 41.6 Å². The maximum Gasteiger partial charge on any atom is 0.232 e. The zero-order chi connectivity index (χ0) is 16.1. The summed E-state index contributed by atoms with van der Waals surface area (Å²) in [6.07, 6.45) is 3.35. The third kappa shape index (κ3) is 3.80. The number of nitrogens with one attached hydrogen (secondary N) is 1. The second-order valence-corrected chi connectivity index (χ2v) is 5.98. The fraction of sp³-hybridized carbons (Fsp3) is 0.200. The van der Waals surface area contributed by atoms with Crippen LogP contribution in [0.25, 0.3) is 0 Å². The van der Waals surface area contributed by atoms with Gasteiger partial charge in [0.15, 0.2) is 5.16 Å². The fourth-order valence-electron chi connectivity index (χ4n) is 1.99. The largest absolute Gasteiger partial charge is 0.293 e. The summed E-state index contributed by atoms with van der Waals surface area (Å²) in [4.78, 5) is 8.27. The highest BCUT2D eigenvalue weighted by atomic mass is 35.5. The van der Waals surface area contributed by atoms with Crippen LogP contribution in [0.5, 0.6) is 0 Å². The molecule has 3 aromatic rings. The summed E-state index contributed by atoms with van der Waals surface area (Å²) in [5.74, 6) is 1.86. The molecule has 0 unspecified atom stereocenters. The second kappa shape index (κ2) is 7.43. The molecule has 0 saturated heterocycles. The molecule has 0 radical (unpaired) electrons. The van der Waals surface area contributed by atoms with Crippen LogP contribution in [0.1, 0.15) is 12.5 Å². The first kappa shape index (κ1) is 15.8. The molecule has 0 spiro atoms. The second-order valence-electron chi connectivity index (χ2n) is 4.63. The monoisotopic (exact) mass is 346 g/mol. The van der Waals surface area contributed by atoms with Crippen molar-refractivity contribution in [3.05, 3.63) is 53.3 Å². The fourth-order valence-corrected chi connectivity index (χ4v) is 3.28. The molecule has 0 fully saturated rings. The standard InChI is InChI=1S/C15H15ClN6S/c1-2-22-14(19-13-17-8-5-9-18-13)20-21-15(22)23-10-11-6-3-4-7-12(11)16/h3-9H,2,10H2,1H3,(H,17,18,19,20). The molecule has 0 aliphatic heterocycles. The Morgan fingerprint density at radius 3 is 2.65 bits per heavy atom. The smallest absolute Gasteiger partial charge is 0.232 e. The summed E-state index contributed by atoms with van der Waals surface area (Å²) in [5.41, 5.74) is 1.07. The van der Waals surface area contributed by atoms with E-state index in [0.29, 0.717) is 11.9 Å². The predicted octanol–water partition coefficient (Wildman–Crippen LogP) is 3.78. The van der Waals surface area contributed by atoms with Crippen LogP contribution in [0.3, 0.4) is 0 Å². The maximum absolute atomic E-state index is 6.19. The highest BCUT2D eigenvalue weighted by Crippen LogP contribution is 2.27. The average molecular weight is 347 g/mol. The molecule has 1 aromatic carbocycles. The van der Waals surface area contributed by atoms with Gasteiger partial charge in [0.05, 0.1) is 0 Å². The molecule has 1 N–H and O–H groups in total. The van der Waals surface area contributed by atoms with E-state index in [-0.39, 0.29) is 0 Å². The van der Waals surface area contributed by atoms with Gasteiger partial charge in [0.2, 0.25) is 11.9 Å². The summed E-state index contributed by atoms with van der Waals surface area (Å²) >= 11 is 7.79. The molecule has 8 heteroatoms. The van der Waals surface area contributed by atoms with Gasteiger partial charge < -0.3 is 0 Å². The molecule has 23 heavy (non-hydrogen) atoms. The van der Waals surface area contributed by atoms with Crippen molar-refractivity contribution in [1.29, 1.82) is 0 Å². The van der Waals surface area contributed by atoms with Crippen LogP contribution in [0.4, 0.5) is 11.9 Å². The number of hydrogen-bond acceptors (Lipinski definition) is 6. The predicted molar refractivity (Wildman–Crippen MR) is 92.0 cm³/mol. The lowest BCUT2D eigenvalue weighted by Crippen LogP contribution is -2.05. The van der Waals surface area contributed by atoms with Crippen molar-refractivity contribution in [3.63, 3.8) is 0 Å². The molecule has 2 aromatic heterocycles. The van der Waals surface area contributed by atoms with Crippen LogP contribution in [-0.4, -0.2) is 24.7 Å². The van der Waals surface area contributed by atoms with Crippen molar-refractivity contribution in [1.82, 2.24) is 24.7 Å². The van der Waals surface area contributed by atoms with E-state index in [1.165, 1.54) is 0 Å². The van der Waals surface area contributed by atoms with Crippen molar-refractivity contribution >= 4 is 35.3 Å². The normalized spacial score (nSPS) is 10.7. The number of rotatable bonds is 6. The first-order valence-corrected chi connectivity index (χ1v) is 8.47. The lowest BCUT2D eigenvalue weighted by Gasteiger charge is -2.08. The minimum atomic E-state index is 0.497. The zero-order valence-electron chi connectivity index (χ0n) is 12.5. The van der Waals surface area contributed by atoms with Crippen LogP contribution in [0.15, 0.2) is 47.9 Å². The first-order valence-electron chi connectivity index (χ1n) is 7.11. The number of anilines is 2. The lowest BCUT2D eigenvalue weighted by atomic mass is 10.2. The van der Waals surface area contributed by atoms with E-state index in [1.807, 2.05) is 35.8 Å². The van der Waals surface area contributed by atoms with Crippen molar-refractivity contribution in [2.24, 2.45) is 0 Å². The van der Waals surface area contributed by atoms with Crippen molar-refractivity contribution in [2.45, 2.75) is 24.4 Å². The Balaban J connectivity index is 1.74. The molecule has 3 rings (SSSR count). The van der Waals surface area contributed by atoms with E-state index in [1.54, 1.807) is 30.2 Å². The summed E-state index contributed by atoms with van der Waals surface area (Å²) in [5, 5.41) is 13.1. The molecule has 0 bridgehead atoms. The molecule has 2 heterocycles. The van der Waals surface area contributed by atoms with Gasteiger partial charge in [-0.2, -0.15) is 0 Å². The molecule has 0 atom stereocenters. The van der Waals surface area contributed by atoms with Crippen LogP contribution in [-0.2, 0) is 12.3 Å². The molecule has 0 amide bonds. The number of hydrogen-bond donors (Lipinski definition) is 1. The van der Waals surface area contributed by atoms with Gasteiger partial charge in [-0.15, -0.1) is 10.2 Å². The molecular weight excluding hydrogens is 332 g/mol. The van der Waals surface area contributed by atoms with E-state index in [2.05, 4.69) is 25.5 Å². The van der Waals surface area contributed by atoms with Gasteiger partial charge in [-0.05, 0) is 24.6 Å². The number of benzene rings is 1. The van der Waals surface area contributed by atoms with E-state index >= 15 is 0 Å². The van der Waals surface area contributed by atoms with Crippen LogP contribution >= 0.6 is 23.4 Å². The number of nitrogens with zero attached hydrogens (tertiary/aromatic N) is 5. The summed E-state index contributed by atoms with van der Waals surface area (Å²) in [6, 6.07) is 9.57. The zero-order valence-corrected chi connectivity index (χ0v) is 14.1. The summed E-state index contributed by atoms with van der Waals surface area (Å²) < 4.78 is 1.98. The number of aromatic nitrogens is 5. The first-order chi connectivity index (χ1) is 11.3. The highest BCUT2D eigenvalue weighted by molar-refractivity contribution is 7.98. The van der Waals surface area contributed by atoms with Gasteiger partial charge >= 0.3 is 0 Å². The minimum Gasteiger partial charge on any atom is -0.293 e. The van der Waals surface area contributed by atoms with Crippen molar-refractivity contribution < 1.29 is 0 Å². The number of halogens is 1. The van der Waals surface area contributed by atoms with Gasteiger partial charge in [-0.3, -0.25) is 9.88 Å². The molecule has 6 nitrogen and oxygen atoms in total. The highest BCUT2D eigenvalue weighted by Gasteiger charge is 2.13. The van der Waals surface area contributed by atoms with Gasteiger partial charge in [0.1, 0.15) is 0 Å². The summed E-state index contributed by atoms with van der Waals surface area (Å²) in [6.45, 7) is 2.78. The van der Waals surface area contributed by atoms with E-state index < -0.39 is 0 Å². The molecule has 0 aliphatic carbocycles. The Morgan fingerprint density at radius 1 is 1.13 bits per heavy atom. The van der Waals surface area contributed by atoms with Gasteiger partial charge in [0.25, 0.3) is 0 Å². The SMILES string of the molecule is CCn1c(Nc2ncccn2)nnc1SCc1ccccc1Cl. The molecule has 0 saturated carbocycles. The Kier molecular flexibility index (Phi) is 5.09. The molecule has 0 aliphatic rings. The van der Waals surface area contributed by atoms with Crippen molar-refractivity contribution in [3.8, 4) is 0 Å². The minimum absolute atomic E-state index is 0.497. The third-order valence-electron chi connectivity index (χ3n) is 3.14. The van der Waals surface area contributed by atoms with Crippen LogP contribution < -0.4 is 5.32 Å². The van der Waals surface area contributed by atoms with Crippen LogP contribution in [0, 0.1) is 0 Å². The van der Waals surface area contributed by atoms with E-state index in [0.717, 1.165) is 28.0 Å². The van der Waals surface area contributed by atoms with Crippen molar-refractivity contribution in [2.75, 3.05) is 5.32 Å². The third-order valence-corrected chi connectivity index (χ3v) is 4.52. The van der Waals surface area contributed by atoms with Crippen LogP contribution in [0.2, 0.25) is 5.02 Å². The topological polar surface area (TPSA) is 68.5 Å². The molecule has 118 valence electrons. The Morgan fingerprint density at radius 2 is 1.91 bits per heavy atom. The van der Waals surface area contributed by atoms with E-state index in [4.69, 9.17) is 11.6 Å². The Bertz CT molecular complexity index is 777. The van der Waals surface area contributed by atoms with Gasteiger partial charge in [-0.25, -0.2) is 9.97 Å². The Labute approximate surface area is 143 Å². The quantitative estimate of drug-likeness (QED) is 0.685.